The molecule has 0 fully saturated rings. The van der Waals surface area contributed by atoms with Crippen molar-refractivity contribution in [3.8, 4) is 0 Å². The lowest BCUT2D eigenvalue weighted by Crippen LogP contribution is -2.10. The van der Waals surface area contributed by atoms with E-state index in [4.69, 9.17) is 11.5 Å². The van der Waals surface area contributed by atoms with E-state index in [9.17, 15) is 9.18 Å². The molecule has 0 spiro atoms. The van der Waals surface area contributed by atoms with Gasteiger partial charge in [-0.05, 0) is 29.3 Å². The van der Waals surface area contributed by atoms with Gasteiger partial charge >= 0.3 is 0 Å². The first-order valence-corrected chi connectivity index (χ1v) is 8.06. The number of aliphatic imine (C=N–C) groups is 1. The van der Waals surface area contributed by atoms with E-state index >= 15 is 0 Å². The summed E-state index contributed by atoms with van der Waals surface area (Å²) in [7, 11) is 1.69. The molecule has 132 valence electrons. The predicted octanol–water partition coefficient (Wildman–Crippen LogP) is 2.77. The van der Waals surface area contributed by atoms with Gasteiger partial charge in [-0.3, -0.25) is 9.79 Å². The van der Waals surface area contributed by atoms with Crippen LogP contribution in [0.25, 0.3) is 11.1 Å². The van der Waals surface area contributed by atoms with E-state index in [2.05, 4.69) is 4.99 Å². The molecule has 4 N–H and O–H groups in total. The third-order valence-corrected chi connectivity index (χ3v) is 4.21. The zero-order chi connectivity index (χ0) is 18.7. The minimum atomic E-state index is -0.647. The summed E-state index contributed by atoms with van der Waals surface area (Å²) in [4.78, 5) is 15.6. The largest absolute Gasteiger partial charge is 0.404 e. The second-order valence-corrected chi connectivity index (χ2v) is 5.87. The van der Waals surface area contributed by atoms with Gasteiger partial charge in [0.25, 0.3) is 5.91 Å². The quantitative estimate of drug-likeness (QED) is 0.693. The smallest absolute Gasteiger partial charge is 0.251 e. The van der Waals surface area contributed by atoms with Crippen molar-refractivity contribution in [2.24, 2.45) is 16.5 Å². The fraction of sp³-hybridized carbons (Fsp3) is 0.100. The fourth-order valence-electron chi connectivity index (χ4n) is 2.99. The van der Waals surface area contributed by atoms with E-state index in [1.165, 1.54) is 12.3 Å². The van der Waals surface area contributed by atoms with E-state index in [0.29, 0.717) is 6.42 Å². The Hall–Kier alpha value is -3.41. The first kappa shape index (κ1) is 17.4. The molecular formula is C20H19FN4O. The van der Waals surface area contributed by atoms with Crippen LogP contribution in [0.5, 0.6) is 0 Å². The highest BCUT2D eigenvalue weighted by Crippen LogP contribution is 2.23. The molecule has 0 radical (unpaired) electrons. The van der Waals surface area contributed by atoms with Crippen molar-refractivity contribution in [1.29, 1.82) is 0 Å². The van der Waals surface area contributed by atoms with Crippen LogP contribution in [-0.4, -0.2) is 23.6 Å². The van der Waals surface area contributed by atoms with Crippen molar-refractivity contribution in [2.45, 2.75) is 6.42 Å². The van der Waals surface area contributed by atoms with Crippen LogP contribution in [0.4, 0.5) is 4.39 Å². The number of hydrogen-bond acceptors (Lipinski definition) is 3. The van der Waals surface area contributed by atoms with Crippen LogP contribution >= 0.6 is 0 Å². The monoisotopic (exact) mass is 350 g/mol. The molecule has 2 aromatic heterocycles. The van der Waals surface area contributed by atoms with E-state index in [0.717, 1.165) is 22.4 Å². The van der Waals surface area contributed by atoms with E-state index < -0.39 is 11.7 Å². The third kappa shape index (κ3) is 3.21. The van der Waals surface area contributed by atoms with Gasteiger partial charge in [0.2, 0.25) is 0 Å². The van der Waals surface area contributed by atoms with E-state index in [-0.39, 0.29) is 11.1 Å². The number of aromatic nitrogens is 1. The molecule has 2 heterocycles. The number of carbonyl (C=O) groups excluding carboxylic acids is 1. The highest BCUT2D eigenvalue weighted by molar-refractivity contribution is 6.09. The van der Waals surface area contributed by atoms with Crippen molar-refractivity contribution in [3.63, 3.8) is 0 Å². The summed E-state index contributed by atoms with van der Waals surface area (Å²) in [5.41, 5.74) is 15.0. The molecule has 3 rings (SSSR count). The Morgan fingerprint density at radius 2 is 2.00 bits per heavy atom. The minimum absolute atomic E-state index is 0.183. The number of benzene rings is 1. The molecule has 3 aromatic rings. The van der Waals surface area contributed by atoms with Gasteiger partial charge in [-0.1, -0.05) is 24.3 Å². The lowest BCUT2D eigenvalue weighted by Gasteiger charge is -2.06. The summed E-state index contributed by atoms with van der Waals surface area (Å²) >= 11 is 0. The molecule has 1 amide bonds. The standard InChI is InChI=1S/C20H19FN4O/c1-24-12-15(11-22)14-6-4-13(5-7-14)9-16-10-17(20(23)26)19-18(21)3-2-8-25(16)19/h2-8,10-12H,9,22H2,1H3,(H2,23,26). The Balaban J connectivity index is 1.97. The number of allylic oxidation sites excluding steroid dienone is 1. The maximum absolute atomic E-state index is 14.2. The molecule has 26 heavy (non-hydrogen) atoms. The summed E-state index contributed by atoms with van der Waals surface area (Å²) in [5, 5.41) is 0. The normalized spacial score (nSPS) is 12.2. The lowest BCUT2D eigenvalue weighted by atomic mass is 10.0. The van der Waals surface area contributed by atoms with Crippen LogP contribution in [0, 0.1) is 5.82 Å². The summed E-state index contributed by atoms with van der Waals surface area (Å²) in [6.45, 7) is 0. The number of halogens is 1. The maximum atomic E-state index is 14.2. The maximum Gasteiger partial charge on any atom is 0.251 e. The number of nitrogens with two attached hydrogens (primary N) is 2. The van der Waals surface area contributed by atoms with Gasteiger partial charge in [0.1, 0.15) is 5.82 Å². The van der Waals surface area contributed by atoms with E-state index in [1.54, 1.807) is 36.0 Å². The Kier molecular flexibility index (Phi) is 4.84. The molecule has 0 aliphatic rings. The van der Waals surface area contributed by atoms with Crippen LogP contribution in [0.1, 0.15) is 27.2 Å². The number of nitrogens with zero attached hydrogens (tertiary/aromatic N) is 2. The molecule has 0 aliphatic heterocycles. The number of carbonyl (C=O) groups is 1. The molecule has 0 atom stereocenters. The highest BCUT2D eigenvalue weighted by Gasteiger charge is 2.16. The third-order valence-electron chi connectivity index (χ3n) is 4.21. The first-order valence-electron chi connectivity index (χ1n) is 8.06. The average molecular weight is 350 g/mol. The average Bonchev–Trinajstić information content (AvgIpc) is 3.01. The fourth-order valence-corrected chi connectivity index (χ4v) is 2.99. The molecule has 0 bridgehead atoms. The predicted molar refractivity (Wildman–Crippen MR) is 102 cm³/mol. The second-order valence-electron chi connectivity index (χ2n) is 5.87. The Labute approximate surface area is 150 Å². The van der Waals surface area contributed by atoms with Crippen molar-refractivity contribution >= 4 is 23.2 Å². The van der Waals surface area contributed by atoms with Gasteiger partial charge in [0.15, 0.2) is 0 Å². The zero-order valence-electron chi connectivity index (χ0n) is 14.3. The molecule has 0 unspecified atom stereocenters. The van der Waals surface area contributed by atoms with Gasteiger partial charge < -0.3 is 15.9 Å². The van der Waals surface area contributed by atoms with Gasteiger partial charge in [0.05, 0.1) is 11.1 Å². The van der Waals surface area contributed by atoms with Crippen molar-refractivity contribution < 1.29 is 9.18 Å². The number of primary amides is 1. The number of hydrogen-bond donors (Lipinski definition) is 2. The van der Waals surface area contributed by atoms with Gasteiger partial charge in [0, 0.05) is 43.3 Å². The zero-order valence-corrected chi connectivity index (χ0v) is 14.3. The molecule has 6 heteroatoms. The SMILES string of the molecule is CN=CC(=CN)c1ccc(Cc2cc(C(N)=O)c3c(F)cccn23)cc1. The summed E-state index contributed by atoms with van der Waals surface area (Å²) in [5.74, 6) is -1.12. The topological polar surface area (TPSA) is 85.9 Å². The minimum Gasteiger partial charge on any atom is -0.404 e. The Morgan fingerprint density at radius 3 is 2.62 bits per heavy atom. The number of pyridine rings is 1. The van der Waals surface area contributed by atoms with Crippen molar-refractivity contribution in [3.05, 3.63) is 83.1 Å². The molecule has 0 aliphatic carbocycles. The van der Waals surface area contributed by atoms with E-state index in [1.807, 2.05) is 24.3 Å². The molecule has 1 aromatic carbocycles. The van der Waals surface area contributed by atoms with Crippen LogP contribution in [0.15, 0.2) is 59.9 Å². The highest BCUT2D eigenvalue weighted by atomic mass is 19.1. The second kappa shape index (κ2) is 7.23. The number of fused-ring (bicyclic) bond motifs is 1. The van der Waals surface area contributed by atoms with Crippen LogP contribution in [0.3, 0.4) is 0 Å². The number of rotatable bonds is 5. The van der Waals surface area contributed by atoms with Gasteiger partial charge in [-0.15, -0.1) is 0 Å². The first-order chi connectivity index (χ1) is 12.5. The van der Waals surface area contributed by atoms with Gasteiger partial charge in [-0.25, -0.2) is 4.39 Å². The van der Waals surface area contributed by atoms with Crippen LogP contribution in [-0.2, 0) is 6.42 Å². The van der Waals surface area contributed by atoms with Gasteiger partial charge in [-0.2, -0.15) is 0 Å². The van der Waals surface area contributed by atoms with Crippen molar-refractivity contribution in [2.75, 3.05) is 7.05 Å². The number of amides is 1. The molecule has 5 nitrogen and oxygen atoms in total. The summed E-state index contributed by atoms with van der Waals surface area (Å²) in [6, 6.07) is 12.4. The molecule has 0 saturated carbocycles. The van der Waals surface area contributed by atoms with Crippen LogP contribution in [0.2, 0.25) is 0 Å². The summed E-state index contributed by atoms with van der Waals surface area (Å²) in [6.07, 6.45) is 5.45. The molecular weight excluding hydrogens is 331 g/mol. The van der Waals surface area contributed by atoms with Crippen LogP contribution < -0.4 is 11.5 Å². The summed E-state index contributed by atoms with van der Waals surface area (Å²) < 4.78 is 15.8. The Bertz CT molecular complexity index is 1020. The van der Waals surface area contributed by atoms with Crippen molar-refractivity contribution in [1.82, 2.24) is 4.40 Å². The lowest BCUT2D eigenvalue weighted by molar-refractivity contribution is 0.100. The molecule has 0 saturated heterocycles. The Morgan fingerprint density at radius 1 is 1.27 bits per heavy atom.